The van der Waals surface area contributed by atoms with Gasteiger partial charge in [-0.05, 0) is 17.7 Å². The lowest BCUT2D eigenvalue weighted by molar-refractivity contribution is 0.592. The Morgan fingerprint density at radius 1 is 0.370 bits per heavy atom. The average molecular weight is 633 g/mol. The second-order valence-corrected chi connectivity index (χ2v) is 16.4. The van der Waals surface area contributed by atoms with Gasteiger partial charge in [0.05, 0.1) is 0 Å². The topological polar surface area (TPSA) is 59.9 Å². The second kappa shape index (κ2) is 12.7. The SMILES string of the molecule is O=P(c1ccccc1)(c1ccccc1)c1ccc(-c2ncc(-c3ccccc3)cn2)c(P(=O)(c2ccccc2)c2ccccc2)c1. The van der Waals surface area contributed by atoms with Gasteiger partial charge >= 0.3 is 0 Å². The number of aromatic nitrogens is 2. The molecular weight excluding hydrogens is 602 g/mol. The lowest BCUT2D eigenvalue weighted by atomic mass is 10.1. The van der Waals surface area contributed by atoms with Crippen molar-refractivity contribution < 1.29 is 9.13 Å². The molecule has 6 aromatic carbocycles. The number of hydrogen-bond donors (Lipinski definition) is 0. The molecule has 222 valence electrons. The van der Waals surface area contributed by atoms with Crippen molar-refractivity contribution in [2.45, 2.75) is 0 Å². The summed E-state index contributed by atoms with van der Waals surface area (Å²) in [6.45, 7) is 0. The van der Waals surface area contributed by atoms with Crippen molar-refractivity contribution in [3.05, 3.63) is 182 Å². The molecule has 0 saturated carbocycles. The first-order valence-electron chi connectivity index (χ1n) is 15.0. The van der Waals surface area contributed by atoms with E-state index in [0.29, 0.717) is 43.2 Å². The van der Waals surface area contributed by atoms with Crippen LogP contribution in [0.2, 0.25) is 0 Å². The summed E-state index contributed by atoms with van der Waals surface area (Å²) < 4.78 is 31.4. The van der Waals surface area contributed by atoms with Crippen LogP contribution in [0.15, 0.2) is 182 Å². The third kappa shape index (κ3) is 5.37. The van der Waals surface area contributed by atoms with Gasteiger partial charge in [-0.3, -0.25) is 0 Å². The third-order valence-corrected chi connectivity index (χ3v) is 14.3. The number of hydrogen-bond acceptors (Lipinski definition) is 4. The maximum absolute atomic E-state index is 15.9. The van der Waals surface area contributed by atoms with Crippen molar-refractivity contribution in [1.82, 2.24) is 9.97 Å². The van der Waals surface area contributed by atoms with E-state index in [1.807, 2.05) is 170 Å². The molecule has 4 nitrogen and oxygen atoms in total. The molecule has 0 amide bonds. The molecule has 0 unspecified atom stereocenters. The van der Waals surface area contributed by atoms with Gasteiger partial charge < -0.3 is 9.13 Å². The largest absolute Gasteiger partial charge is 0.309 e. The van der Waals surface area contributed by atoms with Gasteiger partial charge in [0.25, 0.3) is 0 Å². The van der Waals surface area contributed by atoms with E-state index in [-0.39, 0.29) is 0 Å². The summed E-state index contributed by atoms with van der Waals surface area (Å²) in [6, 6.07) is 53.7. The molecule has 0 aliphatic rings. The highest BCUT2D eigenvalue weighted by Gasteiger charge is 2.36. The number of nitrogens with zero attached hydrogens (tertiary/aromatic N) is 2. The summed E-state index contributed by atoms with van der Waals surface area (Å²) in [5.41, 5.74) is 2.53. The first-order chi connectivity index (χ1) is 22.6. The molecule has 46 heavy (non-hydrogen) atoms. The minimum atomic E-state index is -3.53. The molecule has 0 fully saturated rings. The highest BCUT2D eigenvalue weighted by Crippen LogP contribution is 2.47. The molecule has 0 atom stereocenters. The Labute approximate surface area is 269 Å². The summed E-state index contributed by atoms with van der Waals surface area (Å²) >= 11 is 0. The van der Waals surface area contributed by atoms with E-state index in [0.717, 1.165) is 11.1 Å². The highest BCUT2D eigenvalue weighted by molar-refractivity contribution is 7.86. The van der Waals surface area contributed by atoms with Crippen molar-refractivity contribution in [3.63, 3.8) is 0 Å². The van der Waals surface area contributed by atoms with Crippen molar-refractivity contribution in [2.24, 2.45) is 0 Å². The zero-order chi connectivity index (χ0) is 31.4. The Bertz CT molecular complexity index is 2090. The molecule has 1 aromatic heterocycles. The van der Waals surface area contributed by atoms with Crippen LogP contribution in [0.5, 0.6) is 0 Å². The fourth-order valence-electron chi connectivity index (χ4n) is 5.84. The van der Waals surface area contributed by atoms with Gasteiger partial charge in [-0.25, -0.2) is 9.97 Å². The molecule has 0 N–H and O–H groups in total. The first kappa shape index (κ1) is 29.6. The third-order valence-electron chi connectivity index (χ3n) is 8.16. The number of benzene rings is 6. The minimum Gasteiger partial charge on any atom is -0.309 e. The van der Waals surface area contributed by atoms with Crippen LogP contribution in [0.4, 0.5) is 0 Å². The lowest BCUT2D eigenvalue weighted by Gasteiger charge is -2.26. The molecule has 7 aromatic rings. The fourth-order valence-corrected chi connectivity index (χ4v) is 11.5. The second-order valence-electron chi connectivity index (χ2n) is 10.9. The zero-order valence-corrected chi connectivity index (χ0v) is 26.7. The van der Waals surface area contributed by atoms with Crippen LogP contribution in [0, 0.1) is 0 Å². The van der Waals surface area contributed by atoms with E-state index in [4.69, 9.17) is 9.97 Å². The Morgan fingerprint density at radius 2 is 0.761 bits per heavy atom. The van der Waals surface area contributed by atoms with Crippen molar-refractivity contribution in [1.29, 1.82) is 0 Å². The van der Waals surface area contributed by atoms with E-state index >= 15 is 9.13 Å². The first-order valence-corrected chi connectivity index (χ1v) is 18.5. The van der Waals surface area contributed by atoms with Crippen LogP contribution in [-0.2, 0) is 9.13 Å². The smallest absolute Gasteiger partial charge is 0.171 e. The fraction of sp³-hybridized carbons (Fsp3) is 0. The van der Waals surface area contributed by atoms with E-state index in [1.165, 1.54) is 0 Å². The van der Waals surface area contributed by atoms with Crippen molar-refractivity contribution in [3.8, 4) is 22.5 Å². The van der Waals surface area contributed by atoms with Crippen LogP contribution in [-0.4, -0.2) is 9.97 Å². The molecule has 0 aliphatic carbocycles. The van der Waals surface area contributed by atoms with Gasteiger partial charge in [0.2, 0.25) is 0 Å². The quantitative estimate of drug-likeness (QED) is 0.168. The van der Waals surface area contributed by atoms with Gasteiger partial charge in [0.15, 0.2) is 20.1 Å². The van der Waals surface area contributed by atoms with E-state index < -0.39 is 14.3 Å². The molecule has 0 bridgehead atoms. The van der Waals surface area contributed by atoms with Gasteiger partial charge in [-0.2, -0.15) is 0 Å². The Kier molecular flexibility index (Phi) is 8.16. The monoisotopic (exact) mass is 632 g/mol. The van der Waals surface area contributed by atoms with Gasteiger partial charge in [-0.1, -0.05) is 158 Å². The maximum atomic E-state index is 15.9. The minimum absolute atomic E-state index is 0.447. The van der Waals surface area contributed by atoms with Crippen LogP contribution in [0.1, 0.15) is 0 Å². The van der Waals surface area contributed by atoms with E-state index in [9.17, 15) is 0 Å². The highest BCUT2D eigenvalue weighted by atomic mass is 31.2. The van der Waals surface area contributed by atoms with E-state index in [1.54, 1.807) is 12.4 Å². The van der Waals surface area contributed by atoms with Crippen LogP contribution in [0.25, 0.3) is 22.5 Å². The lowest BCUT2D eigenvalue weighted by Crippen LogP contribution is -2.31. The predicted octanol–water partition coefficient (Wildman–Crippen LogP) is 7.09. The van der Waals surface area contributed by atoms with E-state index in [2.05, 4.69) is 0 Å². The summed E-state index contributed by atoms with van der Waals surface area (Å²) in [5.74, 6) is 0.447. The summed E-state index contributed by atoms with van der Waals surface area (Å²) in [7, 11) is -6.91. The standard InChI is InChI=1S/C40H30N2O2P2/c43-45(33-18-8-2-9-19-33,34-20-10-3-11-21-34)37-26-27-38(40-41-29-32(30-42-40)31-16-6-1-7-17-31)39(28-37)46(44,35-22-12-4-13-23-35)36-24-14-5-15-25-36/h1-30H. The molecule has 0 saturated heterocycles. The molecule has 0 spiro atoms. The average Bonchev–Trinajstić information content (AvgIpc) is 3.16. The predicted molar refractivity (Wildman–Crippen MR) is 192 cm³/mol. The van der Waals surface area contributed by atoms with Crippen LogP contribution in [0.3, 0.4) is 0 Å². The Morgan fingerprint density at radius 3 is 1.20 bits per heavy atom. The van der Waals surface area contributed by atoms with Crippen molar-refractivity contribution in [2.75, 3.05) is 0 Å². The van der Waals surface area contributed by atoms with Crippen LogP contribution >= 0.6 is 14.3 Å². The molecule has 6 heteroatoms. The van der Waals surface area contributed by atoms with Gasteiger partial charge in [-0.15, -0.1) is 0 Å². The molecule has 7 rings (SSSR count). The summed E-state index contributed by atoms with van der Waals surface area (Å²) in [5, 5.41) is 3.90. The normalized spacial score (nSPS) is 11.7. The summed E-state index contributed by atoms with van der Waals surface area (Å²) in [6.07, 6.45) is 3.59. The van der Waals surface area contributed by atoms with Crippen molar-refractivity contribution >= 4 is 46.1 Å². The molecule has 0 radical (unpaired) electrons. The van der Waals surface area contributed by atoms with Gasteiger partial charge in [0.1, 0.15) is 0 Å². The number of rotatable bonds is 8. The Hall–Kier alpha value is -5.14. The van der Waals surface area contributed by atoms with Crippen LogP contribution < -0.4 is 31.8 Å². The Balaban J connectivity index is 1.52. The summed E-state index contributed by atoms with van der Waals surface area (Å²) in [4.78, 5) is 9.59. The molecule has 0 aliphatic heterocycles. The molecular formula is C40H30N2O2P2. The zero-order valence-electron chi connectivity index (χ0n) is 24.9. The molecule has 1 heterocycles. The maximum Gasteiger partial charge on any atom is 0.171 e. The van der Waals surface area contributed by atoms with Gasteiger partial charge in [0, 0.05) is 55.3 Å².